The molecule has 1 N–H and O–H groups in total. The summed E-state index contributed by atoms with van der Waals surface area (Å²) in [6.07, 6.45) is 23.3. The number of nitrogens with zero attached hydrogens (tertiary/aromatic N) is 1. The van der Waals surface area contributed by atoms with Crippen LogP contribution in [-0.2, 0) is 0 Å². The molecule has 4 aliphatic carbocycles. The summed E-state index contributed by atoms with van der Waals surface area (Å²) in [5.74, 6) is 3.19. The van der Waals surface area contributed by atoms with Gasteiger partial charge in [0.2, 0.25) is 0 Å². The van der Waals surface area contributed by atoms with Crippen LogP contribution in [0.1, 0.15) is 116 Å². The second-order valence-corrected chi connectivity index (χ2v) is 12.0. The van der Waals surface area contributed by atoms with Crippen molar-refractivity contribution in [2.45, 2.75) is 122 Å². The molecule has 0 aromatic carbocycles. The third-order valence-corrected chi connectivity index (χ3v) is 9.01. The Labute approximate surface area is 182 Å². The van der Waals surface area contributed by atoms with Gasteiger partial charge in [-0.1, -0.05) is 58.3 Å². The number of aliphatic hydroxyl groups is 1. The molecule has 0 atom stereocenters. The van der Waals surface area contributed by atoms with Gasteiger partial charge in [-0.25, -0.2) is 0 Å². The highest BCUT2D eigenvalue weighted by Crippen LogP contribution is 2.59. The maximum atomic E-state index is 11.5. The van der Waals surface area contributed by atoms with E-state index in [9.17, 15) is 5.11 Å². The molecule has 0 spiro atoms. The monoisotopic (exact) mass is 406 g/mol. The van der Waals surface area contributed by atoms with Gasteiger partial charge in [0.1, 0.15) is 0 Å². The topological polar surface area (TPSA) is 20.2 Å². The Morgan fingerprint density at radius 1 is 0.655 bits per heavy atom. The lowest BCUT2D eigenvalue weighted by atomic mass is 9.49. The predicted octanol–water partition coefficient (Wildman–Crippen LogP) is 6.95. The summed E-state index contributed by atoms with van der Waals surface area (Å²) >= 11 is 0. The second kappa shape index (κ2) is 11.0. The van der Waals surface area contributed by atoms with Crippen LogP contribution in [0.2, 0.25) is 0 Å². The first-order valence-corrected chi connectivity index (χ1v) is 13.5. The molecule has 0 heterocycles. The van der Waals surface area contributed by atoms with Crippen molar-refractivity contribution in [3.8, 4) is 0 Å². The van der Waals surface area contributed by atoms with Crippen molar-refractivity contribution in [3.63, 3.8) is 0 Å². The summed E-state index contributed by atoms with van der Waals surface area (Å²) in [6, 6.07) is 0. The van der Waals surface area contributed by atoms with Gasteiger partial charge in [0.25, 0.3) is 0 Å². The van der Waals surface area contributed by atoms with Gasteiger partial charge < -0.3 is 9.59 Å². The van der Waals surface area contributed by atoms with Gasteiger partial charge in [-0.05, 0) is 81.5 Å². The molecule has 0 amide bonds. The van der Waals surface area contributed by atoms with E-state index in [-0.39, 0.29) is 5.60 Å². The summed E-state index contributed by atoms with van der Waals surface area (Å²) in [5.41, 5.74) is -0.301. The van der Waals surface area contributed by atoms with Crippen molar-refractivity contribution in [2.75, 3.05) is 27.2 Å². The molecule has 0 aromatic rings. The van der Waals surface area contributed by atoms with E-state index in [4.69, 9.17) is 0 Å². The molecule has 4 rings (SSSR count). The van der Waals surface area contributed by atoms with Crippen LogP contribution in [0.5, 0.6) is 0 Å². The second-order valence-electron chi connectivity index (χ2n) is 12.0. The van der Waals surface area contributed by atoms with E-state index in [2.05, 4.69) is 21.0 Å². The maximum absolute atomic E-state index is 11.5. The Hall–Kier alpha value is -0.0800. The van der Waals surface area contributed by atoms with Crippen LogP contribution >= 0.6 is 0 Å². The molecule has 4 saturated carbocycles. The van der Waals surface area contributed by atoms with Gasteiger partial charge in [0.05, 0.1) is 32.8 Å². The van der Waals surface area contributed by atoms with Crippen molar-refractivity contribution in [1.29, 1.82) is 0 Å². The van der Waals surface area contributed by atoms with E-state index >= 15 is 0 Å². The first kappa shape index (κ1) is 23.6. The summed E-state index contributed by atoms with van der Waals surface area (Å²) < 4.78 is 1.15. The van der Waals surface area contributed by atoms with Crippen LogP contribution in [0.3, 0.4) is 0 Å². The molecule has 4 aliphatic rings. The van der Waals surface area contributed by atoms with Gasteiger partial charge in [-0.2, -0.15) is 0 Å². The third kappa shape index (κ3) is 6.70. The van der Waals surface area contributed by atoms with E-state index < -0.39 is 0 Å². The quantitative estimate of drug-likeness (QED) is 0.230. The Morgan fingerprint density at radius 3 is 1.62 bits per heavy atom. The zero-order valence-electron chi connectivity index (χ0n) is 20.1. The lowest BCUT2D eigenvalue weighted by Gasteiger charge is -2.59. The summed E-state index contributed by atoms with van der Waals surface area (Å²) in [5, 5.41) is 11.5. The van der Waals surface area contributed by atoms with Gasteiger partial charge in [0, 0.05) is 0 Å². The molecule has 0 unspecified atom stereocenters. The van der Waals surface area contributed by atoms with Crippen molar-refractivity contribution in [1.82, 2.24) is 0 Å². The highest BCUT2D eigenvalue weighted by atomic mass is 16.3. The molecule has 170 valence electrons. The summed E-state index contributed by atoms with van der Waals surface area (Å²) in [7, 11) is 4.82. The molecule has 0 aromatic heterocycles. The van der Waals surface area contributed by atoms with Gasteiger partial charge >= 0.3 is 0 Å². The van der Waals surface area contributed by atoms with E-state index in [0.717, 1.165) is 22.7 Å². The predicted molar refractivity (Wildman–Crippen MR) is 125 cm³/mol. The average Bonchev–Trinajstić information content (AvgIpc) is 2.67. The number of quaternary nitrogens is 1. The van der Waals surface area contributed by atoms with E-state index in [1.54, 1.807) is 0 Å². The van der Waals surface area contributed by atoms with Gasteiger partial charge in [0.15, 0.2) is 0 Å². The minimum absolute atomic E-state index is 0.301. The molecule has 4 bridgehead atoms. The third-order valence-electron chi connectivity index (χ3n) is 9.01. The molecular weight excluding hydrogens is 354 g/mol. The number of hydrogen-bond donors (Lipinski definition) is 1. The minimum atomic E-state index is -0.301. The lowest BCUT2D eigenvalue weighted by Crippen LogP contribution is -2.57. The van der Waals surface area contributed by atoms with Crippen LogP contribution in [-0.4, -0.2) is 42.4 Å². The Kier molecular flexibility index (Phi) is 8.93. The molecule has 2 heteroatoms. The molecule has 29 heavy (non-hydrogen) atoms. The van der Waals surface area contributed by atoms with E-state index in [1.165, 1.54) is 116 Å². The smallest absolute Gasteiger partial charge is 0.0783 e. The van der Waals surface area contributed by atoms with Crippen LogP contribution in [0.15, 0.2) is 0 Å². The zero-order chi connectivity index (χ0) is 20.7. The van der Waals surface area contributed by atoms with Crippen molar-refractivity contribution in [3.05, 3.63) is 0 Å². The molecular formula is C27H52NO+. The van der Waals surface area contributed by atoms with Crippen LogP contribution in [0.4, 0.5) is 0 Å². The van der Waals surface area contributed by atoms with Crippen molar-refractivity contribution < 1.29 is 9.59 Å². The first-order chi connectivity index (χ1) is 13.9. The van der Waals surface area contributed by atoms with Crippen molar-refractivity contribution >= 4 is 0 Å². The fraction of sp³-hybridized carbons (Fsp3) is 1.00. The Morgan fingerprint density at radius 2 is 1.10 bits per heavy atom. The van der Waals surface area contributed by atoms with E-state index in [0.29, 0.717) is 11.8 Å². The number of unbranched alkanes of at least 4 members (excludes halogenated alkanes) is 9. The Bertz CT molecular complexity index is 443. The molecule has 0 aliphatic heterocycles. The molecule has 0 radical (unpaired) electrons. The van der Waals surface area contributed by atoms with Crippen LogP contribution < -0.4 is 0 Å². The molecule has 0 saturated heterocycles. The lowest BCUT2D eigenvalue weighted by molar-refractivity contribution is -0.890. The van der Waals surface area contributed by atoms with Crippen LogP contribution in [0.25, 0.3) is 0 Å². The highest BCUT2D eigenvalue weighted by molar-refractivity contribution is 5.06. The van der Waals surface area contributed by atoms with Crippen LogP contribution in [0, 0.1) is 23.7 Å². The first-order valence-electron chi connectivity index (χ1n) is 13.5. The van der Waals surface area contributed by atoms with Crippen molar-refractivity contribution in [2.24, 2.45) is 23.7 Å². The fourth-order valence-electron chi connectivity index (χ4n) is 7.34. The normalized spacial score (nSPS) is 33.5. The molecule has 4 fully saturated rings. The Balaban J connectivity index is 1.24. The van der Waals surface area contributed by atoms with Gasteiger partial charge in [-0.15, -0.1) is 0 Å². The van der Waals surface area contributed by atoms with E-state index in [1.807, 2.05) is 0 Å². The zero-order valence-corrected chi connectivity index (χ0v) is 20.1. The number of rotatable bonds is 15. The SMILES string of the molecule is CCCCCCCCCCCC[N+](C)(C)CCCC1(O)C2CC3CC(C2)CC1C3. The standard InChI is InChI=1S/C27H52NO/c1-4-5-6-7-8-9-10-11-12-13-16-28(2,3)17-14-15-27(29)25-19-23-18-24(21-25)22-26(27)20-23/h23-26,29H,4-22H2,1-3H3/q+1. The summed E-state index contributed by atoms with van der Waals surface area (Å²) in [6.45, 7) is 4.85. The average molecular weight is 407 g/mol. The van der Waals surface area contributed by atoms with Gasteiger partial charge in [-0.3, -0.25) is 0 Å². The minimum Gasteiger partial charge on any atom is -0.389 e. The highest BCUT2D eigenvalue weighted by Gasteiger charge is 2.55. The number of hydrogen-bond acceptors (Lipinski definition) is 1. The summed E-state index contributed by atoms with van der Waals surface area (Å²) in [4.78, 5) is 0. The fourth-order valence-corrected chi connectivity index (χ4v) is 7.34. The largest absolute Gasteiger partial charge is 0.389 e. The maximum Gasteiger partial charge on any atom is 0.0783 e. The molecule has 2 nitrogen and oxygen atoms in total.